The van der Waals surface area contributed by atoms with Crippen molar-refractivity contribution in [2.24, 2.45) is 11.8 Å². The summed E-state index contributed by atoms with van der Waals surface area (Å²) >= 11 is 1.41. The highest BCUT2D eigenvalue weighted by Gasteiger charge is 2.53. The molecule has 0 N–H and O–H groups in total. The van der Waals surface area contributed by atoms with E-state index in [1.807, 2.05) is 0 Å². The molecule has 8 heteroatoms. The van der Waals surface area contributed by atoms with Crippen LogP contribution in [-0.2, 0) is 20.9 Å². The number of esters is 1. The van der Waals surface area contributed by atoms with E-state index in [0.29, 0.717) is 13.0 Å². The summed E-state index contributed by atoms with van der Waals surface area (Å²) in [5, 5.41) is -0.233. The third kappa shape index (κ3) is 3.24. The summed E-state index contributed by atoms with van der Waals surface area (Å²) in [5.74, 6) is -4.53. The van der Waals surface area contributed by atoms with Gasteiger partial charge >= 0.3 is 5.97 Å². The highest BCUT2D eigenvalue weighted by molar-refractivity contribution is 8.01. The van der Waals surface area contributed by atoms with E-state index in [1.165, 1.54) is 16.7 Å². The van der Waals surface area contributed by atoms with Crippen LogP contribution in [0.3, 0.4) is 0 Å². The standard InChI is InChI=1S/C16H16F3NO3S/c1-2-23-16(22)10-5-9(10)15-20(13(21)7-24-15)6-8-3-11(17)14(19)12(18)4-8/h3-4,9-10,15H,2,5-7H2,1H3. The van der Waals surface area contributed by atoms with Crippen LogP contribution in [0.1, 0.15) is 18.9 Å². The van der Waals surface area contributed by atoms with E-state index in [4.69, 9.17) is 4.74 Å². The molecule has 24 heavy (non-hydrogen) atoms. The Balaban J connectivity index is 1.72. The van der Waals surface area contributed by atoms with E-state index in [-0.39, 0.29) is 46.9 Å². The maximum Gasteiger partial charge on any atom is 0.309 e. The van der Waals surface area contributed by atoms with Crippen LogP contribution >= 0.6 is 11.8 Å². The normalized spacial score (nSPS) is 25.9. The van der Waals surface area contributed by atoms with Crippen molar-refractivity contribution in [2.45, 2.75) is 25.3 Å². The molecule has 0 bridgehead atoms. The van der Waals surface area contributed by atoms with Gasteiger partial charge in [-0.2, -0.15) is 0 Å². The van der Waals surface area contributed by atoms with Crippen molar-refractivity contribution in [1.29, 1.82) is 0 Å². The van der Waals surface area contributed by atoms with Crippen LogP contribution in [0, 0.1) is 29.3 Å². The molecule has 3 rings (SSSR count). The van der Waals surface area contributed by atoms with Crippen LogP contribution in [0.5, 0.6) is 0 Å². The number of carbonyl (C=O) groups is 2. The zero-order valence-corrected chi connectivity index (χ0v) is 13.7. The second-order valence-electron chi connectivity index (χ2n) is 5.85. The smallest absolute Gasteiger partial charge is 0.309 e. The lowest BCUT2D eigenvalue weighted by Gasteiger charge is -2.24. The maximum atomic E-state index is 13.3. The second kappa shape index (κ2) is 6.66. The number of ether oxygens (including phenoxy) is 1. The lowest BCUT2D eigenvalue weighted by atomic mass is 10.1. The Morgan fingerprint density at radius 1 is 1.33 bits per heavy atom. The minimum Gasteiger partial charge on any atom is -0.466 e. The average Bonchev–Trinajstić information content (AvgIpc) is 3.25. The molecule has 1 aliphatic carbocycles. The van der Waals surface area contributed by atoms with Gasteiger partial charge in [-0.05, 0) is 31.0 Å². The van der Waals surface area contributed by atoms with Gasteiger partial charge in [0.1, 0.15) is 0 Å². The van der Waals surface area contributed by atoms with Crippen molar-refractivity contribution >= 4 is 23.6 Å². The molecule has 0 radical (unpaired) electrons. The summed E-state index contributed by atoms with van der Waals surface area (Å²) in [7, 11) is 0. The van der Waals surface area contributed by atoms with Gasteiger partial charge in [0.05, 0.1) is 23.7 Å². The number of thioether (sulfide) groups is 1. The first kappa shape index (κ1) is 17.1. The highest BCUT2D eigenvalue weighted by Crippen LogP contribution is 2.50. The maximum absolute atomic E-state index is 13.3. The topological polar surface area (TPSA) is 46.6 Å². The number of amides is 1. The van der Waals surface area contributed by atoms with Crippen molar-refractivity contribution in [3.63, 3.8) is 0 Å². The van der Waals surface area contributed by atoms with Gasteiger partial charge in [-0.15, -0.1) is 11.8 Å². The molecule has 130 valence electrons. The molecule has 4 nitrogen and oxygen atoms in total. The Labute approximate surface area is 141 Å². The lowest BCUT2D eigenvalue weighted by Crippen LogP contribution is -2.34. The third-order valence-electron chi connectivity index (χ3n) is 4.20. The SMILES string of the molecule is CCOC(=O)C1CC1C1SCC(=O)N1Cc1cc(F)c(F)c(F)c1. The van der Waals surface area contributed by atoms with Crippen molar-refractivity contribution in [3.8, 4) is 0 Å². The molecule has 1 aromatic carbocycles. The summed E-state index contributed by atoms with van der Waals surface area (Å²) in [6.45, 7) is 2.01. The third-order valence-corrected chi connectivity index (χ3v) is 5.56. The van der Waals surface area contributed by atoms with Gasteiger partial charge in [-0.1, -0.05) is 0 Å². The highest BCUT2D eigenvalue weighted by atomic mass is 32.2. The van der Waals surface area contributed by atoms with E-state index in [0.717, 1.165) is 12.1 Å². The molecule has 3 atom stereocenters. The van der Waals surface area contributed by atoms with Crippen molar-refractivity contribution < 1.29 is 27.5 Å². The molecule has 1 amide bonds. The molecular weight excluding hydrogens is 343 g/mol. The molecule has 2 fully saturated rings. The molecule has 0 spiro atoms. The van der Waals surface area contributed by atoms with Crippen molar-refractivity contribution in [2.75, 3.05) is 12.4 Å². The first-order valence-corrected chi connectivity index (χ1v) is 8.68. The van der Waals surface area contributed by atoms with Gasteiger partial charge in [0.2, 0.25) is 5.91 Å². The number of carbonyl (C=O) groups excluding carboxylic acids is 2. The number of hydrogen-bond donors (Lipinski definition) is 0. The van der Waals surface area contributed by atoms with E-state index in [1.54, 1.807) is 6.92 Å². The van der Waals surface area contributed by atoms with Crippen LogP contribution in [0.2, 0.25) is 0 Å². The molecule has 2 aliphatic rings. The largest absolute Gasteiger partial charge is 0.466 e. The van der Waals surface area contributed by atoms with Gasteiger partial charge in [0, 0.05) is 12.5 Å². The summed E-state index contributed by atoms with van der Waals surface area (Å²) in [6, 6.07) is 1.78. The summed E-state index contributed by atoms with van der Waals surface area (Å²) in [4.78, 5) is 25.4. The summed E-state index contributed by atoms with van der Waals surface area (Å²) < 4.78 is 44.7. The average molecular weight is 359 g/mol. The van der Waals surface area contributed by atoms with Gasteiger partial charge in [-0.25, -0.2) is 13.2 Å². The number of hydrogen-bond acceptors (Lipinski definition) is 4. The number of rotatable bonds is 5. The Morgan fingerprint density at radius 3 is 2.62 bits per heavy atom. The van der Waals surface area contributed by atoms with Crippen LogP contribution in [-0.4, -0.2) is 34.5 Å². The lowest BCUT2D eigenvalue weighted by molar-refractivity contribution is -0.145. The number of nitrogens with zero attached hydrogens (tertiary/aromatic N) is 1. The molecule has 3 unspecified atom stereocenters. The molecular formula is C16H16F3NO3S. The van der Waals surface area contributed by atoms with Crippen LogP contribution < -0.4 is 0 Å². The van der Waals surface area contributed by atoms with Gasteiger partial charge in [0.15, 0.2) is 17.5 Å². The minimum atomic E-state index is -1.53. The zero-order chi connectivity index (χ0) is 17.4. The van der Waals surface area contributed by atoms with E-state index < -0.39 is 17.5 Å². The number of benzene rings is 1. The second-order valence-corrected chi connectivity index (χ2v) is 6.96. The first-order valence-electron chi connectivity index (χ1n) is 7.63. The predicted octanol–water partition coefficient (Wildman–Crippen LogP) is 2.70. The van der Waals surface area contributed by atoms with Gasteiger partial charge in [0.25, 0.3) is 0 Å². The van der Waals surface area contributed by atoms with Crippen molar-refractivity contribution in [1.82, 2.24) is 4.90 Å². The summed E-state index contributed by atoms with van der Waals surface area (Å²) in [5.41, 5.74) is 0.181. The Kier molecular flexibility index (Phi) is 4.76. The van der Waals surface area contributed by atoms with Crippen molar-refractivity contribution in [3.05, 3.63) is 35.1 Å². The molecule has 1 saturated heterocycles. The van der Waals surface area contributed by atoms with E-state index in [2.05, 4.69) is 0 Å². The fourth-order valence-electron chi connectivity index (χ4n) is 2.95. The predicted molar refractivity (Wildman–Crippen MR) is 81.3 cm³/mol. The molecule has 1 heterocycles. The quantitative estimate of drug-likeness (QED) is 0.599. The van der Waals surface area contributed by atoms with Crippen LogP contribution in [0.15, 0.2) is 12.1 Å². The fraction of sp³-hybridized carbons (Fsp3) is 0.500. The Hall–Kier alpha value is -1.70. The summed E-state index contributed by atoms with van der Waals surface area (Å²) in [6.07, 6.45) is 0.631. The van der Waals surface area contributed by atoms with E-state index in [9.17, 15) is 22.8 Å². The monoisotopic (exact) mass is 359 g/mol. The molecule has 0 aromatic heterocycles. The van der Waals surface area contributed by atoms with Gasteiger partial charge < -0.3 is 9.64 Å². The Morgan fingerprint density at radius 2 is 2.00 bits per heavy atom. The number of halogens is 3. The van der Waals surface area contributed by atoms with Crippen LogP contribution in [0.4, 0.5) is 13.2 Å². The molecule has 1 saturated carbocycles. The molecule has 1 aromatic rings. The van der Waals surface area contributed by atoms with E-state index >= 15 is 0 Å². The zero-order valence-electron chi connectivity index (χ0n) is 12.9. The first-order chi connectivity index (χ1) is 11.4. The Bertz CT molecular complexity index is 662. The molecule has 1 aliphatic heterocycles. The van der Waals surface area contributed by atoms with Crippen LogP contribution in [0.25, 0.3) is 0 Å². The minimum absolute atomic E-state index is 0.0172. The fourth-order valence-corrected chi connectivity index (χ4v) is 4.35. The van der Waals surface area contributed by atoms with Gasteiger partial charge in [-0.3, -0.25) is 9.59 Å².